The molecule has 108 valence electrons. The topological polar surface area (TPSA) is 56.8 Å². The van der Waals surface area contributed by atoms with Crippen LogP contribution in [0.15, 0.2) is 0 Å². The number of H-pyrrole nitrogens is 1. The van der Waals surface area contributed by atoms with Crippen molar-refractivity contribution < 1.29 is 0 Å². The molecule has 2 aliphatic carbocycles. The second-order valence-corrected chi connectivity index (χ2v) is 7.31. The number of aromatic amines is 1. The van der Waals surface area contributed by atoms with Gasteiger partial charge in [-0.3, -0.25) is 5.10 Å². The molecule has 4 fully saturated rings. The van der Waals surface area contributed by atoms with Crippen LogP contribution in [0.25, 0.3) is 0 Å². The lowest BCUT2D eigenvalue weighted by Gasteiger charge is -2.24. The predicted octanol–water partition coefficient (Wildman–Crippen LogP) is 1.51. The first-order valence-electron chi connectivity index (χ1n) is 8.27. The van der Waals surface area contributed by atoms with Gasteiger partial charge in [0.2, 0.25) is 5.95 Å². The Hall–Kier alpha value is -1.10. The molecule has 4 aliphatic rings. The molecule has 5 nitrogen and oxygen atoms in total. The van der Waals surface area contributed by atoms with Gasteiger partial charge in [-0.15, -0.1) is 5.10 Å². The van der Waals surface area contributed by atoms with Crippen LogP contribution >= 0.6 is 0 Å². The second-order valence-electron chi connectivity index (χ2n) is 7.31. The maximum atomic E-state index is 4.82. The zero-order valence-electron chi connectivity index (χ0n) is 11.9. The zero-order chi connectivity index (χ0) is 13.1. The number of fused-ring (bicyclic) bond motifs is 2. The highest BCUT2D eigenvalue weighted by atomic mass is 15.4. The summed E-state index contributed by atoms with van der Waals surface area (Å²) in [4.78, 5) is 7.20. The molecular formula is C15H23N5. The monoisotopic (exact) mass is 273 g/mol. The highest BCUT2D eigenvalue weighted by Gasteiger charge is 2.47. The largest absolute Gasteiger partial charge is 0.338 e. The van der Waals surface area contributed by atoms with E-state index in [2.05, 4.69) is 20.4 Å². The Morgan fingerprint density at radius 2 is 1.95 bits per heavy atom. The first-order valence-corrected chi connectivity index (χ1v) is 8.27. The van der Waals surface area contributed by atoms with E-state index in [1.54, 1.807) is 0 Å². The molecule has 3 heterocycles. The normalized spacial score (nSPS) is 42.6. The van der Waals surface area contributed by atoms with Crippen LogP contribution in [0.4, 0.5) is 5.95 Å². The van der Waals surface area contributed by atoms with E-state index in [0.717, 1.165) is 42.6 Å². The molecular weight excluding hydrogens is 250 g/mol. The molecule has 5 heteroatoms. The maximum absolute atomic E-state index is 4.82. The Labute approximate surface area is 119 Å². The third-order valence-corrected chi connectivity index (χ3v) is 6.00. The van der Waals surface area contributed by atoms with Gasteiger partial charge in [0.1, 0.15) is 5.82 Å². The van der Waals surface area contributed by atoms with Gasteiger partial charge >= 0.3 is 0 Å². The molecule has 0 radical (unpaired) electrons. The lowest BCUT2D eigenvalue weighted by Crippen LogP contribution is -2.40. The number of anilines is 1. The van der Waals surface area contributed by atoms with Gasteiger partial charge in [-0.1, -0.05) is 0 Å². The van der Waals surface area contributed by atoms with E-state index < -0.39 is 0 Å². The molecule has 2 saturated carbocycles. The van der Waals surface area contributed by atoms with Gasteiger partial charge in [-0.25, -0.2) is 0 Å². The second kappa shape index (κ2) is 4.20. The minimum absolute atomic E-state index is 0.656. The summed E-state index contributed by atoms with van der Waals surface area (Å²) in [6.07, 6.45) is 6.83. The molecule has 0 spiro atoms. The average molecular weight is 273 g/mol. The van der Waals surface area contributed by atoms with E-state index in [1.165, 1.54) is 38.6 Å². The van der Waals surface area contributed by atoms with Crippen molar-refractivity contribution in [1.29, 1.82) is 0 Å². The summed E-state index contributed by atoms with van der Waals surface area (Å²) < 4.78 is 0. The fourth-order valence-corrected chi connectivity index (χ4v) is 4.74. The Balaban J connectivity index is 1.31. The number of hydrogen-bond donors (Lipinski definition) is 2. The van der Waals surface area contributed by atoms with Crippen LogP contribution in [-0.4, -0.2) is 40.9 Å². The SMILES string of the molecule is C1CNC2CN(c3n[nH]c(C4CC5CC5C4)n3)CC2C1. The summed E-state index contributed by atoms with van der Waals surface area (Å²) in [5.74, 6) is 5.56. The van der Waals surface area contributed by atoms with E-state index in [1.807, 2.05) is 0 Å². The fourth-order valence-electron chi connectivity index (χ4n) is 4.74. The highest BCUT2D eigenvalue weighted by Crippen LogP contribution is 2.57. The number of hydrogen-bond acceptors (Lipinski definition) is 4. The van der Waals surface area contributed by atoms with Crippen LogP contribution in [0.3, 0.4) is 0 Å². The summed E-state index contributed by atoms with van der Waals surface area (Å²) in [7, 11) is 0. The summed E-state index contributed by atoms with van der Waals surface area (Å²) in [5.41, 5.74) is 0. The summed E-state index contributed by atoms with van der Waals surface area (Å²) in [5, 5.41) is 11.4. The molecule has 20 heavy (non-hydrogen) atoms. The van der Waals surface area contributed by atoms with Gasteiger partial charge in [-0.2, -0.15) is 4.98 Å². The third-order valence-electron chi connectivity index (χ3n) is 6.00. The third kappa shape index (κ3) is 1.79. The average Bonchev–Trinajstić information content (AvgIpc) is 2.96. The van der Waals surface area contributed by atoms with Crippen molar-refractivity contribution in [2.75, 3.05) is 24.5 Å². The summed E-state index contributed by atoms with van der Waals surface area (Å²) >= 11 is 0. The number of rotatable bonds is 2. The smallest absolute Gasteiger partial charge is 0.244 e. The van der Waals surface area contributed by atoms with Crippen molar-refractivity contribution >= 4 is 5.95 Å². The van der Waals surface area contributed by atoms with E-state index in [-0.39, 0.29) is 0 Å². The number of nitrogens with zero attached hydrogens (tertiary/aromatic N) is 3. The number of piperidine rings is 1. The molecule has 0 bridgehead atoms. The van der Waals surface area contributed by atoms with Crippen molar-refractivity contribution in [1.82, 2.24) is 20.5 Å². The van der Waals surface area contributed by atoms with Crippen LogP contribution in [0.5, 0.6) is 0 Å². The minimum atomic E-state index is 0.656. The molecule has 1 aromatic heterocycles. The Morgan fingerprint density at radius 3 is 2.80 bits per heavy atom. The summed E-state index contributed by atoms with van der Waals surface area (Å²) in [6.45, 7) is 3.39. The molecule has 4 unspecified atom stereocenters. The van der Waals surface area contributed by atoms with Crippen LogP contribution in [-0.2, 0) is 0 Å². The molecule has 2 saturated heterocycles. The van der Waals surface area contributed by atoms with Crippen molar-refractivity contribution in [2.45, 2.75) is 44.1 Å². The molecule has 0 amide bonds. The summed E-state index contributed by atoms with van der Waals surface area (Å²) in [6, 6.07) is 0.657. The lowest BCUT2D eigenvalue weighted by atomic mass is 9.94. The van der Waals surface area contributed by atoms with Crippen molar-refractivity contribution in [2.24, 2.45) is 17.8 Å². The van der Waals surface area contributed by atoms with Gasteiger partial charge < -0.3 is 10.2 Å². The standard InChI is InChI=1S/C15H23N5/c1-2-9-7-20(8-13(9)16-3-1)15-17-14(18-19-15)12-5-10-4-11(10)6-12/h9-13,16H,1-8H2,(H,17,18,19). The molecule has 2 aliphatic heterocycles. The maximum Gasteiger partial charge on any atom is 0.244 e. The minimum Gasteiger partial charge on any atom is -0.338 e. The van der Waals surface area contributed by atoms with Gasteiger partial charge in [0.25, 0.3) is 0 Å². The molecule has 1 aromatic rings. The number of nitrogens with one attached hydrogen (secondary N) is 2. The quantitative estimate of drug-likeness (QED) is 0.857. The molecule has 0 aromatic carbocycles. The van der Waals surface area contributed by atoms with E-state index in [0.29, 0.717) is 12.0 Å². The Morgan fingerprint density at radius 1 is 1.05 bits per heavy atom. The van der Waals surface area contributed by atoms with Gasteiger partial charge in [0, 0.05) is 25.0 Å². The van der Waals surface area contributed by atoms with Crippen molar-refractivity contribution in [3.05, 3.63) is 5.82 Å². The van der Waals surface area contributed by atoms with Crippen LogP contribution < -0.4 is 10.2 Å². The van der Waals surface area contributed by atoms with Crippen LogP contribution in [0.1, 0.15) is 43.8 Å². The first kappa shape index (κ1) is 11.5. The van der Waals surface area contributed by atoms with Gasteiger partial charge in [0.15, 0.2) is 0 Å². The van der Waals surface area contributed by atoms with E-state index in [4.69, 9.17) is 4.98 Å². The lowest BCUT2D eigenvalue weighted by molar-refractivity contribution is 0.340. The van der Waals surface area contributed by atoms with Crippen molar-refractivity contribution in [3.63, 3.8) is 0 Å². The zero-order valence-corrected chi connectivity index (χ0v) is 11.9. The Bertz CT molecular complexity index is 488. The van der Waals surface area contributed by atoms with Crippen LogP contribution in [0, 0.1) is 17.8 Å². The molecule has 2 N–H and O–H groups in total. The van der Waals surface area contributed by atoms with E-state index in [9.17, 15) is 0 Å². The number of aromatic nitrogens is 3. The highest BCUT2D eigenvalue weighted by molar-refractivity contribution is 5.33. The fraction of sp³-hybridized carbons (Fsp3) is 0.867. The Kier molecular flexibility index (Phi) is 2.42. The molecule has 4 atom stereocenters. The van der Waals surface area contributed by atoms with Gasteiger partial charge in [0.05, 0.1) is 0 Å². The van der Waals surface area contributed by atoms with E-state index >= 15 is 0 Å². The first-order chi connectivity index (χ1) is 9.87. The van der Waals surface area contributed by atoms with Crippen molar-refractivity contribution in [3.8, 4) is 0 Å². The van der Waals surface area contributed by atoms with Gasteiger partial charge in [-0.05, 0) is 56.4 Å². The molecule has 5 rings (SSSR count). The predicted molar refractivity (Wildman–Crippen MR) is 76.7 cm³/mol. The van der Waals surface area contributed by atoms with Crippen LogP contribution in [0.2, 0.25) is 0 Å².